The van der Waals surface area contributed by atoms with E-state index in [-0.39, 0.29) is 0 Å². The van der Waals surface area contributed by atoms with Gasteiger partial charge in [-0.25, -0.2) is 9.97 Å². The fourth-order valence-electron chi connectivity index (χ4n) is 2.11. The van der Waals surface area contributed by atoms with Crippen LogP contribution in [0.1, 0.15) is 5.69 Å². The van der Waals surface area contributed by atoms with E-state index >= 15 is 0 Å². The maximum atomic E-state index is 5.84. The molecule has 0 bridgehead atoms. The number of imidazole rings is 1. The van der Waals surface area contributed by atoms with Crippen LogP contribution in [-0.4, -0.2) is 21.5 Å². The van der Waals surface area contributed by atoms with Gasteiger partial charge in [-0.2, -0.15) is 0 Å². The van der Waals surface area contributed by atoms with Crippen molar-refractivity contribution in [2.45, 2.75) is 6.54 Å². The molecule has 0 saturated heterocycles. The highest BCUT2D eigenvalue weighted by atomic mass is 16.5. The van der Waals surface area contributed by atoms with Crippen LogP contribution >= 0.6 is 0 Å². The molecule has 0 aliphatic rings. The molecule has 96 valence electrons. The predicted octanol–water partition coefficient (Wildman–Crippen LogP) is 1.86. The van der Waals surface area contributed by atoms with Crippen LogP contribution in [-0.2, 0) is 6.54 Å². The first-order valence-electron chi connectivity index (χ1n) is 6.00. The Labute approximate surface area is 110 Å². The van der Waals surface area contributed by atoms with E-state index in [9.17, 15) is 0 Å². The summed E-state index contributed by atoms with van der Waals surface area (Å²) in [6.07, 6.45) is 3.64. The van der Waals surface area contributed by atoms with Gasteiger partial charge in [0.2, 0.25) is 5.78 Å². The minimum Gasteiger partial charge on any atom is -0.497 e. The molecule has 0 aliphatic carbocycles. The quantitative estimate of drug-likeness (QED) is 0.774. The topological polar surface area (TPSA) is 65.4 Å². The molecule has 19 heavy (non-hydrogen) atoms. The highest BCUT2D eigenvalue weighted by Crippen LogP contribution is 2.25. The summed E-state index contributed by atoms with van der Waals surface area (Å²) in [4.78, 5) is 8.78. The lowest BCUT2D eigenvalue weighted by Gasteiger charge is -2.03. The maximum absolute atomic E-state index is 5.84. The molecule has 0 amide bonds. The molecule has 0 fully saturated rings. The molecule has 0 aliphatic heterocycles. The number of nitrogens with two attached hydrogens (primary N) is 1. The molecule has 2 heterocycles. The van der Waals surface area contributed by atoms with Gasteiger partial charge in [-0.15, -0.1) is 0 Å². The van der Waals surface area contributed by atoms with Gasteiger partial charge in [0.05, 0.1) is 18.5 Å². The molecule has 0 spiro atoms. The van der Waals surface area contributed by atoms with Crippen LogP contribution in [0.3, 0.4) is 0 Å². The van der Waals surface area contributed by atoms with Crippen molar-refractivity contribution in [2.75, 3.05) is 7.11 Å². The highest BCUT2D eigenvalue weighted by Gasteiger charge is 2.12. The Morgan fingerprint density at radius 2 is 2.05 bits per heavy atom. The Morgan fingerprint density at radius 3 is 2.74 bits per heavy atom. The number of benzene rings is 1. The molecule has 0 saturated carbocycles. The third-order valence-electron chi connectivity index (χ3n) is 3.06. The van der Waals surface area contributed by atoms with Gasteiger partial charge < -0.3 is 10.5 Å². The molecule has 3 aromatic rings. The van der Waals surface area contributed by atoms with Crippen molar-refractivity contribution in [3.63, 3.8) is 0 Å². The lowest BCUT2D eigenvalue weighted by Crippen LogP contribution is -2.02. The monoisotopic (exact) mass is 254 g/mol. The number of aromatic nitrogens is 3. The summed E-state index contributed by atoms with van der Waals surface area (Å²) < 4.78 is 7.07. The van der Waals surface area contributed by atoms with Gasteiger partial charge in [0, 0.05) is 24.5 Å². The molecule has 2 aromatic heterocycles. The number of fused-ring (bicyclic) bond motifs is 1. The maximum Gasteiger partial charge on any atom is 0.234 e. The number of rotatable bonds is 3. The highest BCUT2D eigenvalue weighted by molar-refractivity contribution is 5.66. The van der Waals surface area contributed by atoms with Gasteiger partial charge in [0.25, 0.3) is 0 Å². The summed E-state index contributed by atoms with van der Waals surface area (Å²) in [6, 6.07) is 9.63. The van der Waals surface area contributed by atoms with Crippen LogP contribution in [0, 0.1) is 0 Å². The van der Waals surface area contributed by atoms with E-state index in [1.807, 2.05) is 40.9 Å². The van der Waals surface area contributed by atoms with Crippen molar-refractivity contribution < 1.29 is 4.74 Å². The Kier molecular flexibility index (Phi) is 2.89. The zero-order valence-corrected chi connectivity index (χ0v) is 10.6. The summed E-state index contributed by atoms with van der Waals surface area (Å²) in [5.41, 5.74) is 8.66. The Bertz CT molecular complexity index is 703. The van der Waals surface area contributed by atoms with E-state index in [2.05, 4.69) is 9.97 Å². The van der Waals surface area contributed by atoms with E-state index in [0.717, 1.165) is 22.7 Å². The second-order valence-electron chi connectivity index (χ2n) is 4.13. The zero-order valence-electron chi connectivity index (χ0n) is 10.6. The van der Waals surface area contributed by atoms with Gasteiger partial charge in [-0.1, -0.05) is 0 Å². The lowest BCUT2D eigenvalue weighted by atomic mass is 10.1. The van der Waals surface area contributed by atoms with Gasteiger partial charge in [0.1, 0.15) is 5.75 Å². The summed E-state index contributed by atoms with van der Waals surface area (Å²) >= 11 is 0. The molecule has 1 aromatic carbocycles. The van der Waals surface area contributed by atoms with Crippen molar-refractivity contribution >= 4 is 5.78 Å². The second kappa shape index (κ2) is 4.70. The molecule has 0 radical (unpaired) electrons. The predicted molar refractivity (Wildman–Crippen MR) is 72.9 cm³/mol. The summed E-state index contributed by atoms with van der Waals surface area (Å²) in [5, 5.41) is 0. The van der Waals surface area contributed by atoms with Crippen LogP contribution in [0.4, 0.5) is 0 Å². The molecule has 0 atom stereocenters. The number of ether oxygens (including phenoxy) is 1. The van der Waals surface area contributed by atoms with E-state index < -0.39 is 0 Å². The smallest absolute Gasteiger partial charge is 0.234 e. The van der Waals surface area contributed by atoms with Crippen molar-refractivity contribution in [3.8, 4) is 17.0 Å². The average Bonchev–Trinajstić information content (AvgIpc) is 2.85. The molecule has 5 nitrogen and oxygen atoms in total. The first-order valence-corrected chi connectivity index (χ1v) is 6.00. The summed E-state index contributed by atoms with van der Waals surface area (Å²) in [5.74, 6) is 1.48. The first-order chi connectivity index (χ1) is 9.33. The van der Waals surface area contributed by atoms with Crippen molar-refractivity contribution in [2.24, 2.45) is 5.73 Å². The van der Waals surface area contributed by atoms with Crippen LogP contribution in [0.2, 0.25) is 0 Å². The van der Waals surface area contributed by atoms with Gasteiger partial charge in [-0.05, 0) is 30.3 Å². The molecule has 2 N–H and O–H groups in total. The second-order valence-corrected chi connectivity index (χ2v) is 4.13. The summed E-state index contributed by atoms with van der Waals surface area (Å²) in [7, 11) is 1.65. The van der Waals surface area contributed by atoms with Crippen molar-refractivity contribution in [3.05, 3.63) is 48.4 Å². The number of hydrogen-bond donors (Lipinski definition) is 1. The zero-order chi connectivity index (χ0) is 13.2. The largest absolute Gasteiger partial charge is 0.497 e. The normalized spacial score (nSPS) is 10.8. The minimum atomic E-state index is 0.411. The van der Waals surface area contributed by atoms with E-state index in [1.165, 1.54) is 0 Å². The van der Waals surface area contributed by atoms with Gasteiger partial charge >= 0.3 is 0 Å². The Morgan fingerprint density at radius 1 is 1.26 bits per heavy atom. The van der Waals surface area contributed by atoms with Crippen molar-refractivity contribution in [1.82, 2.24) is 14.4 Å². The molecule has 3 rings (SSSR count). The SMILES string of the molecule is COc1ccc(-c2nc3ncccn3c2CN)cc1. The van der Waals surface area contributed by atoms with Crippen LogP contribution in [0.15, 0.2) is 42.7 Å². The van der Waals surface area contributed by atoms with Crippen LogP contribution in [0.25, 0.3) is 17.0 Å². The van der Waals surface area contributed by atoms with Crippen LogP contribution in [0.5, 0.6) is 5.75 Å². The standard InChI is InChI=1S/C14H14N4O/c1-19-11-5-3-10(4-6-11)13-12(9-15)18-8-2-7-16-14(18)17-13/h2-8H,9,15H2,1H3. The third kappa shape index (κ3) is 1.94. The Hall–Kier alpha value is -2.40. The van der Waals surface area contributed by atoms with E-state index in [1.54, 1.807) is 13.3 Å². The minimum absolute atomic E-state index is 0.411. The van der Waals surface area contributed by atoms with Gasteiger partial charge in [-0.3, -0.25) is 4.40 Å². The number of hydrogen-bond acceptors (Lipinski definition) is 4. The van der Waals surface area contributed by atoms with E-state index in [0.29, 0.717) is 12.3 Å². The average molecular weight is 254 g/mol. The fourth-order valence-corrected chi connectivity index (χ4v) is 2.11. The molecule has 5 heteroatoms. The Balaban J connectivity index is 2.17. The summed E-state index contributed by atoms with van der Waals surface area (Å²) in [6.45, 7) is 0.411. The van der Waals surface area contributed by atoms with Crippen LogP contribution < -0.4 is 10.5 Å². The number of methoxy groups -OCH3 is 1. The third-order valence-corrected chi connectivity index (χ3v) is 3.06. The molecule has 0 unspecified atom stereocenters. The lowest BCUT2D eigenvalue weighted by molar-refractivity contribution is 0.415. The number of nitrogens with zero attached hydrogens (tertiary/aromatic N) is 3. The van der Waals surface area contributed by atoms with E-state index in [4.69, 9.17) is 10.5 Å². The van der Waals surface area contributed by atoms with Gasteiger partial charge in [0.15, 0.2) is 0 Å². The molecular weight excluding hydrogens is 240 g/mol. The molecular formula is C14H14N4O. The first kappa shape index (κ1) is 11.7. The van der Waals surface area contributed by atoms with Crippen molar-refractivity contribution in [1.29, 1.82) is 0 Å². The fraction of sp³-hybridized carbons (Fsp3) is 0.143.